The summed E-state index contributed by atoms with van der Waals surface area (Å²) in [4.78, 5) is 0. The minimum atomic E-state index is 0.140. The predicted molar refractivity (Wildman–Crippen MR) is 73.9 cm³/mol. The van der Waals surface area contributed by atoms with E-state index in [1.807, 2.05) is 0 Å². The fourth-order valence-corrected chi connectivity index (χ4v) is 2.88. The molecule has 2 N–H and O–H groups in total. The van der Waals surface area contributed by atoms with Gasteiger partial charge in [0.25, 0.3) is 0 Å². The van der Waals surface area contributed by atoms with Gasteiger partial charge in [-0.1, -0.05) is 37.3 Å². The van der Waals surface area contributed by atoms with Crippen molar-refractivity contribution in [2.24, 2.45) is 11.7 Å². The zero-order valence-electron chi connectivity index (χ0n) is 11.0. The van der Waals surface area contributed by atoms with Gasteiger partial charge >= 0.3 is 0 Å². The standard InChI is InChI=1S/C16H25N/c1-14-9-12-16(17,13-10-14)11-5-8-15-6-3-2-4-7-15/h2-4,6-7,14H,5,8-13,17H2,1H3. The number of rotatable bonds is 4. The molecule has 1 aromatic carbocycles. The fourth-order valence-electron chi connectivity index (χ4n) is 2.88. The Bertz CT molecular complexity index is 323. The van der Waals surface area contributed by atoms with Crippen LogP contribution in [0.25, 0.3) is 0 Å². The van der Waals surface area contributed by atoms with Crippen molar-refractivity contribution >= 4 is 0 Å². The minimum absolute atomic E-state index is 0.140. The van der Waals surface area contributed by atoms with Crippen LogP contribution in [0.4, 0.5) is 0 Å². The van der Waals surface area contributed by atoms with Gasteiger partial charge < -0.3 is 5.73 Å². The minimum Gasteiger partial charge on any atom is -0.325 e. The Morgan fingerprint density at radius 3 is 2.47 bits per heavy atom. The molecule has 0 heterocycles. The van der Waals surface area contributed by atoms with E-state index < -0.39 is 0 Å². The Morgan fingerprint density at radius 2 is 1.82 bits per heavy atom. The van der Waals surface area contributed by atoms with Gasteiger partial charge in [0.2, 0.25) is 0 Å². The number of hydrogen-bond acceptors (Lipinski definition) is 1. The van der Waals surface area contributed by atoms with E-state index in [1.54, 1.807) is 0 Å². The van der Waals surface area contributed by atoms with Gasteiger partial charge in [-0.25, -0.2) is 0 Å². The molecule has 0 aliphatic heterocycles. The summed E-state index contributed by atoms with van der Waals surface area (Å²) in [5, 5.41) is 0. The third kappa shape index (κ3) is 3.85. The second-order valence-corrected chi connectivity index (χ2v) is 5.88. The highest BCUT2D eigenvalue weighted by Gasteiger charge is 2.29. The molecule has 2 rings (SSSR count). The number of hydrogen-bond donors (Lipinski definition) is 1. The Balaban J connectivity index is 1.75. The molecule has 0 unspecified atom stereocenters. The van der Waals surface area contributed by atoms with Crippen LogP contribution in [0.15, 0.2) is 30.3 Å². The van der Waals surface area contributed by atoms with Crippen LogP contribution >= 0.6 is 0 Å². The first-order valence-electron chi connectivity index (χ1n) is 7.01. The van der Waals surface area contributed by atoms with E-state index in [1.165, 1.54) is 50.5 Å². The average molecular weight is 231 g/mol. The highest BCUT2D eigenvalue weighted by atomic mass is 14.7. The van der Waals surface area contributed by atoms with Crippen LogP contribution in [0, 0.1) is 5.92 Å². The van der Waals surface area contributed by atoms with Crippen molar-refractivity contribution in [1.82, 2.24) is 0 Å². The fraction of sp³-hybridized carbons (Fsp3) is 0.625. The topological polar surface area (TPSA) is 26.0 Å². The molecule has 1 fully saturated rings. The zero-order valence-corrected chi connectivity index (χ0v) is 11.0. The molecule has 1 aliphatic carbocycles. The maximum Gasteiger partial charge on any atom is 0.0154 e. The van der Waals surface area contributed by atoms with Crippen molar-refractivity contribution in [3.05, 3.63) is 35.9 Å². The molecule has 17 heavy (non-hydrogen) atoms. The van der Waals surface area contributed by atoms with Gasteiger partial charge in [-0.15, -0.1) is 0 Å². The van der Waals surface area contributed by atoms with Gasteiger partial charge in [-0.3, -0.25) is 0 Å². The van der Waals surface area contributed by atoms with Crippen LogP contribution < -0.4 is 5.73 Å². The summed E-state index contributed by atoms with van der Waals surface area (Å²) < 4.78 is 0. The second-order valence-electron chi connectivity index (χ2n) is 5.88. The van der Waals surface area contributed by atoms with E-state index in [9.17, 15) is 0 Å². The molecule has 0 radical (unpaired) electrons. The van der Waals surface area contributed by atoms with Crippen molar-refractivity contribution in [2.45, 2.75) is 57.4 Å². The maximum absolute atomic E-state index is 6.49. The molecular weight excluding hydrogens is 206 g/mol. The molecule has 94 valence electrons. The van der Waals surface area contributed by atoms with Crippen LogP contribution in [-0.4, -0.2) is 5.54 Å². The number of benzene rings is 1. The first kappa shape index (κ1) is 12.6. The first-order chi connectivity index (χ1) is 8.18. The molecule has 0 aromatic heterocycles. The van der Waals surface area contributed by atoms with E-state index in [0.717, 1.165) is 5.92 Å². The molecule has 1 nitrogen and oxygen atoms in total. The van der Waals surface area contributed by atoms with Crippen LogP contribution in [-0.2, 0) is 6.42 Å². The van der Waals surface area contributed by atoms with Crippen molar-refractivity contribution in [1.29, 1.82) is 0 Å². The summed E-state index contributed by atoms with van der Waals surface area (Å²) in [6.45, 7) is 2.35. The van der Waals surface area contributed by atoms with Gasteiger partial charge in [0.15, 0.2) is 0 Å². The number of nitrogens with two attached hydrogens (primary N) is 1. The lowest BCUT2D eigenvalue weighted by molar-refractivity contribution is 0.228. The van der Waals surface area contributed by atoms with Gasteiger partial charge in [0.1, 0.15) is 0 Å². The normalized spacial score (nSPS) is 29.2. The Kier molecular flexibility index (Phi) is 4.22. The lowest BCUT2D eigenvalue weighted by Crippen LogP contribution is -2.43. The van der Waals surface area contributed by atoms with Crippen LogP contribution in [0.1, 0.15) is 51.0 Å². The van der Waals surface area contributed by atoms with Gasteiger partial charge in [-0.2, -0.15) is 0 Å². The smallest absolute Gasteiger partial charge is 0.0154 e. The average Bonchev–Trinajstić information content (AvgIpc) is 2.35. The zero-order chi connectivity index (χ0) is 12.1. The van der Waals surface area contributed by atoms with E-state index in [4.69, 9.17) is 5.73 Å². The quantitative estimate of drug-likeness (QED) is 0.835. The van der Waals surface area contributed by atoms with Crippen LogP contribution in [0.5, 0.6) is 0 Å². The van der Waals surface area contributed by atoms with Gasteiger partial charge in [0, 0.05) is 5.54 Å². The molecule has 0 atom stereocenters. The van der Waals surface area contributed by atoms with E-state index in [0.29, 0.717) is 0 Å². The summed E-state index contributed by atoms with van der Waals surface area (Å²) in [5.41, 5.74) is 8.07. The lowest BCUT2D eigenvalue weighted by Gasteiger charge is -2.36. The predicted octanol–water partition coefficient (Wildman–Crippen LogP) is 3.92. The Hall–Kier alpha value is -0.820. The van der Waals surface area contributed by atoms with Crippen molar-refractivity contribution in [3.8, 4) is 0 Å². The van der Waals surface area contributed by atoms with E-state index >= 15 is 0 Å². The second kappa shape index (κ2) is 5.68. The Morgan fingerprint density at radius 1 is 1.18 bits per heavy atom. The summed E-state index contributed by atoms with van der Waals surface area (Å²) in [6.07, 6.45) is 8.69. The van der Waals surface area contributed by atoms with E-state index in [-0.39, 0.29) is 5.54 Å². The van der Waals surface area contributed by atoms with Crippen molar-refractivity contribution in [3.63, 3.8) is 0 Å². The SMILES string of the molecule is CC1CCC(N)(CCCc2ccccc2)CC1. The van der Waals surface area contributed by atoms with Crippen molar-refractivity contribution in [2.75, 3.05) is 0 Å². The monoisotopic (exact) mass is 231 g/mol. The van der Waals surface area contributed by atoms with Crippen LogP contribution in [0.3, 0.4) is 0 Å². The molecule has 1 saturated carbocycles. The molecule has 1 aliphatic rings. The molecule has 1 heteroatoms. The molecule has 0 bridgehead atoms. The third-order valence-corrected chi connectivity index (χ3v) is 4.25. The Labute approximate surface area is 105 Å². The highest BCUT2D eigenvalue weighted by molar-refractivity contribution is 5.14. The van der Waals surface area contributed by atoms with Gasteiger partial charge in [-0.05, 0) is 56.4 Å². The van der Waals surface area contributed by atoms with E-state index in [2.05, 4.69) is 37.3 Å². The molecular formula is C16H25N. The lowest BCUT2D eigenvalue weighted by atomic mass is 9.75. The molecule has 1 aromatic rings. The largest absolute Gasteiger partial charge is 0.325 e. The summed E-state index contributed by atoms with van der Waals surface area (Å²) in [6, 6.07) is 10.8. The third-order valence-electron chi connectivity index (χ3n) is 4.25. The molecule has 0 spiro atoms. The molecule has 0 amide bonds. The molecule has 0 saturated heterocycles. The van der Waals surface area contributed by atoms with Gasteiger partial charge in [0.05, 0.1) is 0 Å². The maximum atomic E-state index is 6.49. The summed E-state index contributed by atoms with van der Waals surface area (Å²) >= 11 is 0. The summed E-state index contributed by atoms with van der Waals surface area (Å²) in [7, 11) is 0. The number of aryl methyl sites for hydroxylation is 1. The first-order valence-corrected chi connectivity index (χ1v) is 7.01. The van der Waals surface area contributed by atoms with Crippen molar-refractivity contribution < 1.29 is 0 Å². The highest BCUT2D eigenvalue weighted by Crippen LogP contribution is 2.33. The summed E-state index contributed by atoms with van der Waals surface area (Å²) in [5.74, 6) is 0.890. The van der Waals surface area contributed by atoms with Crippen LogP contribution in [0.2, 0.25) is 0 Å².